The van der Waals surface area contributed by atoms with E-state index in [4.69, 9.17) is 5.26 Å². The number of hydrogen-bond acceptors (Lipinski definition) is 3. The zero-order valence-electron chi connectivity index (χ0n) is 12.1. The highest BCUT2D eigenvalue weighted by atomic mass is 32.1. The van der Waals surface area contributed by atoms with Gasteiger partial charge >= 0.3 is 0 Å². The van der Waals surface area contributed by atoms with Gasteiger partial charge in [0.25, 0.3) is 0 Å². The second kappa shape index (κ2) is 7.59. The molecule has 1 amide bonds. The molecule has 0 heterocycles. The van der Waals surface area contributed by atoms with E-state index in [9.17, 15) is 13.6 Å². The summed E-state index contributed by atoms with van der Waals surface area (Å²) in [5.74, 6) is -2.26. The number of benzene rings is 1. The first kappa shape index (κ1) is 16.8. The first-order valence-electron chi connectivity index (χ1n) is 7.32. The van der Waals surface area contributed by atoms with E-state index in [-0.39, 0.29) is 29.5 Å². The lowest BCUT2D eigenvalue weighted by Crippen LogP contribution is -2.38. The van der Waals surface area contributed by atoms with Crippen LogP contribution in [-0.2, 0) is 4.79 Å². The molecule has 1 aliphatic rings. The van der Waals surface area contributed by atoms with E-state index in [0.29, 0.717) is 5.56 Å². The molecule has 1 saturated carbocycles. The van der Waals surface area contributed by atoms with Crippen molar-refractivity contribution < 1.29 is 13.6 Å². The first-order chi connectivity index (χ1) is 10.5. The second-order valence-electron chi connectivity index (χ2n) is 5.55. The minimum atomic E-state index is -0.905. The maximum absolute atomic E-state index is 13.4. The van der Waals surface area contributed by atoms with Gasteiger partial charge in [0.15, 0.2) is 11.6 Å². The van der Waals surface area contributed by atoms with Gasteiger partial charge in [-0.25, -0.2) is 8.78 Å². The molecule has 3 nitrogen and oxygen atoms in total. The van der Waals surface area contributed by atoms with E-state index in [1.807, 2.05) is 6.07 Å². The molecule has 6 heteroatoms. The van der Waals surface area contributed by atoms with Crippen molar-refractivity contribution in [2.75, 3.05) is 6.54 Å². The Kier molecular flexibility index (Phi) is 5.78. The van der Waals surface area contributed by atoms with Crippen molar-refractivity contribution in [3.63, 3.8) is 0 Å². The van der Waals surface area contributed by atoms with Crippen LogP contribution in [0, 0.1) is 34.8 Å². The van der Waals surface area contributed by atoms with Crippen LogP contribution in [0.4, 0.5) is 8.78 Å². The van der Waals surface area contributed by atoms with Crippen LogP contribution in [0.25, 0.3) is 0 Å². The molecule has 3 atom stereocenters. The number of rotatable bonds is 4. The summed E-state index contributed by atoms with van der Waals surface area (Å²) in [6.45, 7) is -0.0233. The molecule has 0 radical (unpaired) electrons. The zero-order valence-corrected chi connectivity index (χ0v) is 13.0. The lowest BCUT2D eigenvalue weighted by molar-refractivity contribution is -0.127. The first-order valence-corrected chi connectivity index (χ1v) is 7.84. The van der Waals surface area contributed by atoms with Gasteiger partial charge in [0.05, 0.1) is 6.07 Å². The Hall–Kier alpha value is -1.61. The molecule has 2 rings (SSSR count). The van der Waals surface area contributed by atoms with Gasteiger partial charge in [0, 0.05) is 11.2 Å². The fourth-order valence-corrected chi connectivity index (χ4v) is 3.58. The van der Waals surface area contributed by atoms with Crippen molar-refractivity contribution >= 4 is 18.5 Å². The zero-order chi connectivity index (χ0) is 16.1. The van der Waals surface area contributed by atoms with E-state index in [1.54, 1.807) is 0 Å². The number of carbonyl (C=O) groups excluding carboxylic acids is 1. The summed E-state index contributed by atoms with van der Waals surface area (Å²) < 4.78 is 26.5. The van der Waals surface area contributed by atoms with Gasteiger partial charge < -0.3 is 5.32 Å². The normalized spacial score (nSPS) is 22.6. The number of thiol groups is 1. The molecular formula is C16H18F2N2OS. The van der Waals surface area contributed by atoms with Crippen LogP contribution in [0.1, 0.15) is 36.5 Å². The Bertz CT molecular complexity index is 588. The minimum Gasteiger partial charge on any atom is -0.343 e. The Morgan fingerprint density at radius 1 is 1.36 bits per heavy atom. The second-order valence-corrected chi connectivity index (χ2v) is 6.11. The number of nitrogens with zero attached hydrogens (tertiary/aromatic N) is 1. The summed E-state index contributed by atoms with van der Waals surface area (Å²) in [7, 11) is 0. The van der Waals surface area contributed by atoms with Gasteiger partial charge in [-0.1, -0.05) is 18.9 Å². The lowest BCUT2D eigenvalue weighted by Gasteiger charge is -2.34. The third-order valence-corrected chi connectivity index (χ3v) is 4.87. The summed E-state index contributed by atoms with van der Waals surface area (Å²) in [6.07, 6.45) is 3.45. The van der Waals surface area contributed by atoms with Crippen LogP contribution < -0.4 is 5.32 Å². The Morgan fingerprint density at radius 3 is 2.77 bits per heavy atom. The molecule has 1 aromatic carbocycles. The lowest BCUT2D eigenvalue weighted by atomic mass is 9.75. The van der Waals surface area contributed by atoms with Crippen molar-refractivity contribution in [3.05, 3.63) is 35.4 Å². The quantitative estimate of drug-likeness (QED) is 0.659. The summed E-state index contributed by atoms with van der Waals surface area (Å²) in [6, 6.07) is 5.62. The fourth-order valence-electron chi connectivity index (χ4n) is 3.06. The van der Waals surface area contributed by atoms with Crippen molar-refractivity contribution in [1.82, 2.24) is 5.32 Å². The average Bonchev–Trinajstić information content (AvgIpc) is 2.54. The summed E-state index contributed by atoms with van der Waals surface area (Å²) in [5, 5.41) is 10.8. The highest BCUT2D eigenvalue weighted by molar-refractivity contribution is 7.80. The number of hydrogen-bond donors (Lipinski definition) is 2. The summed E-state index contributed by atoms with van der Waals surface area (Å²) in [4.78, 5) is 12.2. The number of carbonyl (C=O) groups is 1. The Labute approximate surface area is 134 Å². The van der Waals surface area contributed by atoms with Crippen molar-refractivity contribution in [2.24, 2.45) is 11.8 Å². The van der Waals surface area contributed by atoms with Crippen LogP contribution in [-0.4, -0.2) is 12.5 Å². The number of amides is 1. The van der Waals surface area contributed by atoms with Crippen LogP contribution >= 0.6 is 12.6 Å². The molecular weight excluding hydrogens is 306 g/mol. The number of nitriles is 1. The highest BCUT2D eigenvalue weighted by Gasteiger charge is 2.35. The van der Waals surface area contributed by atoms with Crippen molar-refractivity contribution in [3.8, 4) is 6.07 Å². The molecule has 3 unspecified atom stereocenters. The van der Waals surface area contributed by atoms with Crippen LogP contribution in [0.2, 0.25) is 0 Å². The molecule has 1 aromatic rings. The highest BCUT2D eigenvalue weighted by Crippen LogP contribution is 2.42. The molecule has 1 N–H and O–H groups in total. The van der Waals surface area contributed by atoms with Crippen molar-refractivity contribution in [2.45, 2.75) is 30.9 Å². The standard InChI is InChI=1S/C16H18F2N2OS/c17-13-6-5-10(9-14(13)18)15(22)11-3-1-2-4-12(11)16(21)20-8-7-19/h5-6,9,11-12,15,22H,1-4,8H2,(H,20,21). The number of halogens is 2. The van der Waals surface area contributed by atoms with E-state index in [1.165, 1.54) is 6.07 Å². The molecule has 0 bridgehead atoms. The molecule has 0 saturated heterocycles. The SMILES string of the molecule is N#CCNC(=O)C1CCCCC1C(S)c1ccc(F)c(F)c1. The van der Waals surface area contributed by atoms with E-state index in [2.05, 4.69) is 17.9 Å². The van der Waals surface area contributed by atoms with Gasteiger partial charge in [-0.05, 0) is 36.5 Å². The molecule has 1 fully saturated rings. The largest absolute Gasteiger partial charge is 0.343 e. The molecule has 0 aliphatic heterocycles. The van der Waals surface area contributed by atoms with Crippen LogP contribution in [0.15, 0.2) is 18.2 Å². The van der Waals surface area contributed by atoms with E-state index in [0.717, 1.165) is 37.8 Å². The molecule has 0 spiro atoms. The number of nitrogens with one attached hydrogen (secondary N) is 1. The topological polar surface area (TPSA) is 52.9 Å². The average molecular weight is 324 g/mol. The maximum Gasteiger partial charge on any atom is 0.224 e. The van der Waals surface area contributed by atoms with E-state index < -0.39 is 11.6 Å². The minimum absolute atomic E-state index is 0.0233. The predicted molar refractivity (Wildman–Crippen MR) is 82.2 cm³/mol. The van der Waals surface area contributed by atoms with Crippen LogP contribution in [0.3, 0.4) is 0 Å². The smallest absolute Gasteiger partial charge is 0.224 e. The Balaban J connectivity index is 2.17. The summed E-state index contributed by atoms with van der Waals surface area (Å²) in [5.41, 5.74) is 0.576. The Morgan fingerprint density at radius 2 is 2.09 bits per heavy atom. The van der Waals surface area contributed by atoms with Crippen molar-refractivity contribution in [1.29, 1.82) is 5.26 Å². The molecule has 0 aromatic heterocycles. The molecule has 1 aliphatic carbocycles. The molecule has 118 valence electrons. The van der Waals surface area contributed by atoms with Gasteiger partial charge in [0.2, 0.25) is 5.91 Å². The molecule has 22 heavy (non-hydrogen) atoms. The van der Waals surface area contributed by atoms with Gasteiger partial charge in [-0.2, -0.15) is 17.9 Å². The maximum atomic E-state index is 13.4. The van der Waals surface area contributed by atoms with Gasteiger partial charge in [0.1, 0.15) is 6.54 Å². The monoisotopic (exact) mass is 324 g/mol. The van der Waals surface area contributed by atoms with Gasteiger partial charge in [-0.3, -0.25) is 4.79 Å². The van der Waals surface area contributed by atoms with E-state index >= 15 is 0 Å². The third kappa shape index (κ3) is 3.77. The summed E-state index contributed by atoms with van der Waals surface area (Å²) >= 11 is 4.55. The van der Waals surface area contributed by atoms with Crippen LogP contribution in [0.5, 0.6) is 0 Å². The predicted octanol–water partition coefficient (Wildman–Crippen LogP) is 3.38. The fraction of sp³-hybridized carbons (Fsp3) is 0.500. The third-order valence-electron chi connectivity index (χ3n) is 4.19. The van der Waals surface area contributed by atoms with Gasteiger partial charge in [-0.15, -0.1) is 0 Å².